The van der Waals surface area contributed by atoms with E-state index in [1.165, 1.54) is 42.4 Å². The molecule has 1 aromatic carbocycles. The molecule has 0 saturated carbocycles. The number of nitrogens with one attached hydrogen (secondary N) is 1. The average molecular weight is 487 g/mol. The number of carbonyl (C=O) groups is 1. The van der Waals surface area contributed by atoms with Gasteiger partial charge in [0.15, 0.2) is 5.16 Å². The molecule has 176 valence electrons. The van der Waals surface area contributed by atoms with Crippen LogP contribution in [0.25, 0.3) is 10.2 Å². The monoisotopic (exact) mass is 486 g/mol. The first kappa shape index (κ1) is 23.8. The van der Waals surface area contributed by atoms with E-state index in [0.717, 1.165) is 31.8 Å². The lowest BCUT2D eigenvalue weighted by Gasteiger charge is -2.26. The number of hydrogen-bond acceptors (Lipinski definition) is 7. The maximum Gasteiger partial charge on any atom is 0.272 e. The lowest BCUT2D eigenvalue weighted by atomic mass is 10.1. The highest BCUT2D eigenvalue weighted by molar-refractivity contribution is 7.99. The summed E-state index contributed by atoms with van der Waals surface area (Å²) in [5.74, 6) is 0.817. The number of piperidine rings is 1. The number of nitrogens with zero attached hydrogens (tertiary/aromatic N) is 3. The summed E-state index contributed by atoms with van der Waals surface area (Å²) in [4.78, 5) is 32.8. The van der Waals surface area contributed by atoms with Gasteiger partial charge in [-0.25, -0.2) is 4.98 Å². The fourth-order valence-electron chi connectivity index (χ4n) is 3.99. The van der Waals surface area contributed by atoms with E-state index in [9.17, 15) is 9.59 Å². The van der Waals surface area contributed by atoms with Crippen molar-refractivity contribution in [3.05, 3.63) is 46.1 Å². The van der Waals surface area contributed by atoms with Crippen molar-refractivity contribution in [1.29, 1.82) is 0 Å². The Kier molecular flexibility index (Phi) is 8.41. The molecule has 1 amide bonds. The summed E-state index contributed by atoms with van der Waals surface area (Å²) >= 11 is 2.73. The van der Waals surface area contributed by atoms with E-state index >= 15 is 0 Å². The van der Waals surface area contributed by atoms with Gasteiger partial charge >= 0.3 is 0 Å². The molecule has 0 aliphatic carbocycles. The van der Waals surface area contributed by atoms with Crippen LogP contribution in [0, 0.1) is 0 Å². The van der Waals surface area contributed by atoms with Crippen LogP contribution in [0.15, 0.2) is 45.7 Å². The van der Waals surface area contributed by atoms with Crippen LogP contribution in [0.4, 0.5) is 5.69 Å². The minimum absolute atomic E-state index is 0.0111. The van der Waals surface area contributed by atoms with Crippen molar-refractivity contribution in [2.75, 3.05) is 37.3 Å². The first-order valence-electron chi connectivity index (χ1n) is 11.5. The highest BCUT2D eigenvalue weighted by Gasteiger charge is 2.15. The lowest BCUT2D eigenvalue weighted by molar-refractivity contribution is -0.113. The summed E-state index contributed by atoms with van der Waals surface area (Å²) in [6.07, 6.45) is 4.72. The number of ether oxygens (including phenoxy) is 1. The third-order valence-corrected chi connectivity index (χ3v) is 7.49. The molecule has 1 aliphatic heterocycles. The molecule has 0 bridgehead atoms. The number of anilines is 1. The van der Waals surface area contributed by atoms with Gasteiger partial charge in [0.2, 0.25) is 5.91 Å². The maximum atomic E-state index is 13.1. The molecule has 4 rings (SSSR count). The zero-order valence-corrected chi connectivity index (χ0v) is 20.6. The molecule has 7 nitrogen and oxygen atoms in total. The highest BCUT2D eigenvalue weighted by atomic mass is 32.2. The van der Waals surface area contributed by atoms with E-state index in [1.807, 2.05) is 42.6 Å². The minimum atomic E-state index is -0.135. The Morgan fingerprint density at radius 2 is 1.94 bits per heavy atom. The second-order valence-corrected chi connectivity index (χ2v) is 9.89. The number of aromatic nitrogens is 2. The fraction of sp³-hybridized carbons (Fsp3) is 0.458. The van der Waals surface area contributed by atoms with Crippen LogP contribution in [0.1, 0.15) is 32.6 Å². The van der Waals surface area contributed by atoms with Gasteiger partial charge in [-0.15, -0.1) is 11.3 Å². The van der Waals surface area contributed by atoms with Crippen LogP contribution >= 0.6 is 23.1 Å². The third kappa shape index (κ3) is 6.37. The number of rotatable bonds is 10. The summed E-state index contributed by atoms with van der Waals surface area (Å²) in [6, 6.07) is 9.17. The van der Waals surface area contributed by atoms with Crippen LogP contribution in [0.5, 0.6) is 5.75 Å². The Bertz CT molecular complexity index is 1120. The highest BCUT2D eigenvalue weighted by Crippen LogP contribution is 2.22. The summed E-state index contributed by atoms with van der Waals surface area (Å²) < 4.78 is 7.86. The maximum absolute atomic E-state index is 13.1. The number of thioether (sulfide) groups is 1. The van der Waals surface area contributed by atoms with Crippen molar-refractivity contribution < 1.29 is 9.53 Å². The second-order valence-electron chi connectivity index (χ2n) is 8.04. The van der Waals surface area contributed by atoms with Crippen molar-refractivity contribution in [1.82, 2.24) is 14.5 Å². The fourth-order valence-corrected chi connectivity index (χ4v) is 5.60. The van der Waals surface area contributed by atoms with Gasteiger partial charge in [-0.2, -0.15) is 0 Å². The quantitative estimate of drug-likeness (QED) is 0.337. The molecule has 1 saturated heterocycles. The average Bonchev–Trinajstić information content (AvgIpc) is 3.30. The summed E-state index contributed by atoms with van der Waals surface area (Å²) in [7, 11) is 0. The number of amides is 1. The molecule has 1 aliphatic rings. The summed E-state index contributed by atoms with van der Waals surface area (Å²) in [5, 5.41) is 5.40. The predicted octanol–water partition coefficient (Wildman–Crippen LogP) is 4.46. The molecule has 0 radical (unpaired) electrons. The number of fused-ring (bicyclic) bond motifs is 1. The number of thiophene rings is 1. The lowest BCUT2D eigenvalue weighted by Crippen LogP contribution is -2.32. The van der Waals surface area contributed by atoms with Crippen molar-refractivity contribution in [2.24, 2.45) is 0 Å². The first-order valence-corrected chi connectivity index (χ1v) is 13.4. The molecule has 1 fully saturated rings. The van der Waals surface area contributed by atoms with E-state index in [0.29, 0.717) is 34.2 Å². The molecule has 0 spiro atoms. The van der Waals surface area contributed by atoms with Crippen LogP contribution in [0.3, 0.4) is 0 Å². The molecule has 1 N–H and O–H groups in total. The number of carbonyl (C=O) groups excluding carboxylic acids is 1. The van der Waals surface area contributed by atoms with Crippen LogP contribution in [-0.4, -0.2) is 52.4 Å². The van der Waals surface area contributed by atoms with Gasteiger partial charge in [0.1, 0.15) is 10.4 Å². The zero-order valence-electron chi connectivity index (χ0n) is 18.9. The predicted molar refractivity (Wildman–Crippen MR) is 136 cm³/mol. The Morgan fingerprint density at radius 1 is 1.15 bits per heavy atom. The van der Waals surface area contributed by atoms with E-state index < -0.39 is 0 Å². The van der Waals surface area contributed by atoms with Crippen LogP contribution < -0.4 is 15.6 Å². The minimum Gasteiger partial charge on any atom is -0.494 e. The number of hydrogen-bond donors (Lipinski definition) is 1. The normalized spacial score (nSPS) is 14.5. The molecule has 9 heteroatoms. The van der Waals surface area contributed by atoms with Gasteiger partial charge in [0.25, 0.3) is 5.56 Å². The smallest absolute Gasteiger partial charge is 0.272 e. The molecule has 0 unspecified atom stereocenters. The van der Waals surface area contributed by atoms with E-state index in [2.05, 4.69) is 10.2 Å². The first-order chi connectivity index (χ1) is 16.1. The molecular weight excluding hydrogens is 456 g/mol. The molecule has 3 heterocycles. The van der Waals surface area contributed by atoms with Gasteiger partial charge in [0, 0.05) is 12.2 Å². The van der Waals surface area contributed by atoms with Gasteiger partial charge < -0.3 is 15.0 Å². The van der Waals surface area contributed by atoms with Crippen molar-refractivity contribution in [2.45, 2.75) is 44.3 Å². The Hall–Kier alpha value is -2.36. The van der Waals surface area contributed by atoms with Gasteiger partial charge in [-0.1, -0.05) is 18.2 Å². The van der Waals surface area contributed by atoms with Crippen LogP contribution in [-0.2, 0) is 11.3 Å². The van der Waals surface area contributed by atoms with E-state index in [-0.39, 0.29) is 17.2 Å². The molecule has 2 aromatic heterocycles. The van der Waals surface area contributed by atoms with Crippen LogP contribution in [0.2, 0.25) is 0 Å². The molecule has 0 atom stereocenters. The Balaban J connectivity index is 1.40. The van der Waals surface area contributed by atoms with Gasteiger partial charge in [-0.3, -0.25) is 14.2 Å². The van der Waals surface area contributed by atoms with E-state index in [1.54, 1.807) is 4.57 Å². The Morgan fingerprint density at radius 3 is 2.70 bits per heavy atom. The molecular formula is C24H30N4O3S2. The number of benzene rings is 1. The molecule has 33 heavy (non-hydrogen) atoms. The standard InChI is InChI=1S/C24H30N4O3S2/c1-2-31-19-9-7-18(8-10-19)25-21(29)17-33-24-26-20-11-16-32-22(20)23(30)28(24)15-6-14-27-12-4-3-5-13-27/h7-11,16H,2-6,12-15,17H2,1H3,(H,25,29). The van der Waals surface area contributed by atoms with Crippen molar-refractivity contribution in [3.63, 3.8) is 0 Å². The topological polar surface area (TPSA) is 76.5 Å². The van der Waals surface area contributed by atoms with Gasteiger partial charge in [0.05, 0.1) is 17.9 Å². The van der Waals surface area contributed by atoms with Crippen molar-refractivity contribution >= 4 is 44.9 Å². The second kappa shape index (κ2) is 11.7. The van der Waals surface area contributed by atoms with E-state index in [4.69, 9.17) is 9.72 Å². The number of likely N-dealkylation sites (tertiary alicyclic amines) is 1. The molecule has 3 aromatic rings. The summed E-state index contributed by atoms with van der Waals surface area (Å²) in [6.45, 7) is 6.41. The van der Waals surface area contributed by atoms with Gasteiger partial charge in [-0.05, 0) is 81.5 Å². The summed E-state index contributed by atoms with van der Waals surface area (Å²) in [5.41, 5.74) is 1.40. The largest absolute Gasteiger partial charge is 0.494 e. The third-order valence-electron chi connectivity index (χ3n) is 5.62. The zero-order chi connectivity index (χ0) is 23.0. The van der Waals surface area contributed by atoms with Crippen molar-refractivity contribution in [3.8, 4) is 5.75 Å². The Labute approximate surface area is 202 Å². The SMILES string of the molecule is CCOc1ccc(NC(=O)CSc2nc3ccsc3c(=O)n2CCCN2CCCCC2)cc1.